The highest BCUT2D eigenvalue weighted by Crippen LogP contribution is 2.30. The van der Waals surface area contributed by atoms with Gasteiger partial charge in [-0.25, -0.2) is 15.0 Å². The van der Waals surface area contributed by atoms with Crippen LogP contribution in [-0.4, -0.2) is 19.9 Å². The highest BCUT2D eigenvalue weighted by Gasteiger charge is 2.12. The minimum atomic E-state index is -0.419. The zero-order valence-electron chi connectivity index (χ0n) is 16.6. The molecule has 8 nitrogen and oxygen atoms in total. The van der Waals surface area contributed by atoms with Crippen molar-refractivity contribution in [2.24, 2.45) is 11.5 Å². The van der Waals surface area contributed by atoms with E-state index in [-0.39, 0.29) is 5.69 Å². The van der Waals surface area contributed by atoms with Gasteiger partial charge in [-0.05, 0) is 59.7 Å². The van der Waals surface area contributed by atoms with Gasteiger partial charge in [0.25, 0.3) is 5.69 Å². The van der Waals surface area contributed by atoms with Crippen LogP contribution >= 0.6 is 0 Å². The minimum absolute atomic E-state index is 0.0351. The molecule has 4 N–H and O–H groups in total. The van der Waals surface area contributed by atoms with Crippen molar-refractivity contribution in [3.63, 3.8) is 0 Å². The summed E-state index contributed by atoms with van der Waals surface area (Å²) in [5, 5.41) is 11.0. The van der Waals surface area contributed by atoms with E-state index >= 15 is 0 Å². The van der Waals surface area contributed by atoms with Crippen LogP contribution in [-0.2, 0) is 13.1 Å². The van der Waals surface area contributed by atoms with Crippen LogP contribution in [0.1, 0.15) is 11.4 Å². The van der Waals surface area contributed by atoms with Gasteiger partial charge in [0, 0.05) is 25.2 Å². The number of nitro groups is 1. The van der Waals surface area contributed by atoms with E-state index in [4.69, 9.17) is 16.5 Å². The zero-order valence-corrected chi connectivity index (χ0v) is 16.6. The number of hydrogen-bond acceptors (Lipinski definition) is 7. The Hall–Kier alpha value is -4.01. The van der Waals surface area contributed by atoms with Crippen molar-refractivity contribution >= 4 is 5.69 Å². The van der Waals surface area contributed by atoms with Crippen LogP contribution in [0.2, 0.25) is 0 Å². The minimum Gasteiger partial charge on any atom is -0.325 e. The fourth-order valence-corrected chi connectivity index (χ4v) is 3.21. The Morgan fingerprint density at radius 2 is 1.19 bits per heavy atom. The summed E-state index contributed by atoms with van der Waals surface area (Å²) in [4.78, 5) is 24.5. The Kier molecular flexibility index (Phi) is 5.74. The highest BCUT2D eigenvalue weighted by atomic mass is 16.6. The Morgan fingerprint density at radius 1 is 0.677 bits per heavy atom. The molecule has 0 aliphatic heterocycles. The molecule has 0 spiro atoms. The number of pyridine rings is 3. The lowest BCUT2D eigenvalue weighted by molar-refractivity contribution is -0.384. The second-order valence-electron chi connectivity index (χ2n) is 6.87. The molecule has 31 heavy (non-hydrogen) atoms. The standard InChI is InChI=1S/C23H20N6O2/c24-13-17-3-1-5-20(26-17)22-11-16(15-7-9-19(10-8-15)29(30)31)12-23(28-22)21-6-2-4-18(14-25)27-21/h1-12H,13-14,24-25H2. The fourth-order valence-electron chi connectivity index (χ4n) is 3.21. The van der Waals surface area contributed by atoms with Gasteiger partial charge in [-0.1, -0.05) is 12.1 Å². The molecular weight excluding hydrogens is 392 g/mol. The number of nitrogens with two attached hydrogens (primary N) is 2. The van der Waals surface area contributed by atoms with Crippen LogP contribution in [0.15, 0.2) is 72.8 Å². The second-order valence-corrected chi connectivity index (χ2v) is 6.87. The summed E-state index contributed by atoms with van der Waals surface area (Å²) >= 11 is 0. The monoisotopic (exact) mass is 412 g/mol. The van der Waals surface area contributed by atoms with Crippen molar-refractivity contribution in [3.05, 3.63) is 94.3 Å². The first-order valence-electron chi connectivity index (χ1n) is 9.67. The van der Waals surface area contributed by atoms with E-state index in [1.165, 1.54) is 12.1 Å². The van der Waals surface area contributed by atoms with Crippen molar-refractivity contribution in [1.29, 1.82) is 0 Å². The van der Waals surface area contributed by atoms with Gasteiger partial charge in [0.2, 0.25) is 0 Å². The lowest BCUT2D eigenvalue weighted by Crippen LogP contribution is -2.02. The van der Waals surface area contributed by atoms with E-state index in [1.54, 1.807) is 12.1 Å². The van der Waals surface area contributed by atoms with E-state index in [0.717, 1.165) is 22.5 Å². The van der Waals surface area contributed by atoms with Crippen LogP contribution in [0, 0.1) is 10.1 Å². The summed E-state index contributed by atoms with van der Waals surface area (Å²) in [6, 6.07) is 21.4. The van der Waals surface area contributed by atoms with Crippen molar-refractivity contribution in [3.8, 4) is 33.9 Å². The maximum absolute atomic E-state index is 11.0. The predicted molar refractivity (Wildman–Crippen MR) is 119 cm³/mol. The number of aromatic nitrogens is 3. The maximum atomic E-state index is 11.0. The van der Waals surface area contributed by atoms with Gasteiger partial charge in [-0.3, -0.25) is 10.1 Å². The molecule has 4 aromatic rings. The number of non-ortho nitro benzene ring substituents is 1. The summed E-state index contributed by atoms with van der Waals surface area (Å²) < 4.78 is 0. The molecule has 0 aliphatic carbocycles. The molecule has 0 fully saturated rings. The zero-order chi connectivity index (χ0) is 21.8. The van der Waals surface area contributed by atoms with E-state index < -0.39 is 4.92 Å². The van der Waals surface area contributed by atoms with E-state index in [0.29, 0.717) is 35.9 Å². The van der Waals surface area contributed by atoms with Gasteiger partial charge in [-0.15, -0.1) is 0 Å². The quantitative estimate of drug-likeness (QED) is 0.364. The molecule has 154 valence electrons. The predicted octanol–water partition coefficient (Wildman–Crippen LogP) is 3.70. The van der Waals surface area contributed by atoms with Crippen LogP contribution in [0.25, 0.3) is 33.9 Å². The Morgan fingerprint density at radius 3 is 1.65 bits per heavy atom. The summed E-state index contributed by atoms with van der Waals surface area (Å²) in [6.07, 6.45) is 0. The molecule has 0 amide bonds. The Labute approximate surface area is 178 Å². The average Bonchev–Trinajstić information content (AvgIpc) is 2.84. The van der Waals surface area contributed by atoms with E-state index in [9.17, 15) is 10.1 Å². The average molecular weight is 412 g/mol. The molecule has 8 heteroatoms. The first kappa shape index (κ1) is 20.3. The SMILES string of the molecule is NCc1cccc(-c2cc(-c3ccc([N+](=O)[O-])cc3)cc(-c3cccc(CN)n3)n2)n1. The third-order valence-corrected chi connectivity index (χ3v) is 4.79. The second kappa shape index (κ2) is 8.78. The van der Waals surface area contributed by atoms with Crippen molar-refractivity contribution in [2.75, 3.05) is 0 Å². The molecule has 0 saturated carbocycles. The normalized spacial score (nSPS) is 10.8. The Balaban J connectivity index is 1.88. The topological polar surface area (TPSA) is 134 Å². The molecule has 0 saturated heterocycles. The molecule has 4 rings (SSSR count). The molecule has 3 aromatic heterocycles. The van der Waals surface area contributed by atoms with Crippen molar-refractivity contribution in [2.45, 2.75) is 13.1 Å². The van der Waals surface area contributed by atoms with Gasteiger partial charge in [-0.2, -0.15) is 0 Å². The smallest absolute Gasteiger partial charge is 0.269 e. The van der Waals surface area contributed by atoms with Gasteiger partial charge in [0.15, 0.2) is 0 Å². The Bertz CT molecular complexity index is 1180. The highest BCUT2D eigenvalue weighted by molar-refractivity contribution is 5.75. The summed E-state index contributed by atoms with van der Waals surface area (Å²) in [5.74, 6) is 0. The number of nitrogens with zero attached hydrogens (tertiary/aromatic N) is 4. The third kappa shape index (κ3) is 4.45. The lowest BCUT2D eigenvalue weighted by Gasteiger charge is -2.10. The molecule has 1 aromatic carbocycles. The first-order chi connectivity index (χ1) is 15.1. The molecule has 0 aliphatic rings. The summed E-state index contributed by atoms with van der Waals surface area (Å²) in [7, 11) is 0. The lowest BCUT2D eigenvalue weighted by atomic mass is 10.0. The van der Waals surface area contributed by atoms with Crippen LogP contribution in [0.4, 0.5) is 5.69 Å². The van der Waals surface area contributed by atoms with Crippen LogP contribution in [0.3, 0.4) is 0 Å². The molecule has 0 atom stereocenters. The molecule has 3 heterocycles. The van der Waals surface area contributed by atoms with Crippen LogP contribution < -0.4 is 11.5 Å². The summed E-state index contributed by atoms with van der Waals surface area (Å²) in [5.41, 5.74) is 17.4. The molecule has 0 unspecified atom stereocenters. The molecule has 0 bridgehead atoms. The number of benzene rings is 1. The largest absolute Gasteiger partial charge is 0.325 e. The van der Waals surface area contributed by atoms with Crippen molar-refractivity contribution < 1.29 is 4.92 Å². The number of rotatable bonds is 6. The third-order valence-electron chi connectivity index (χ3n) is 4.79. The van der Waals surface area contributed by atoms with Gasteiger partial charge in [0.05, 0.1) is 39.1 Å². The van der Waals surface area contributed by atoms with Gasteiger partial charge in [0.1, 0.15) is 0 Å². The summed E-state index contributed by atoms with van der Waals surface area (Å²) in [6.45, 7) is 0.645. The molecular formula is C23H20N6O2. The van der Waals surface area contributed by atoms with Gasteiger partial charge < -0.3 is 11.5 Å². The molecule has 0 radical (unpaired) electrons. The van der Waals surface area contributed by atoms with Crippen LogP contribution in [0.5, 0.6) is 0 Å². The number of nitro benzene ring substituents is 1. The number of hydrogen-bond donors (Lipinski definition) is 2. The first-order valence-corrected chi connectivity index (χ1v) is 9.67. The van der Waals surface area contributed by atoms with E-state index in [1.807, 2.05) is 48.5 Å². The van der Waals surface area contributed by atoms with E-state index in [2.05, 4.69) is 9.97 Å². The van der Waals surface area contributed by atoms with Gasteiger partial charge >= 0.3 is 0 Å². The van der Waals surface area contributed by atoms with Crippen molar-refractivity contribution in [1.82, 2.24) is 15.0 Å². The fraction of sp³-hybridized carbons (Fsp3) is 0.0870. The maximum Gasteiger partial charge on any atom is 0.269 e.